The first-order valence-corrected chi connectivity index (χ1v) is 10.7. The molecule has 1 aliphatic heterocycles. The third kappa shape index (κ3) is 4.33. The smallest absolute Gasteiger partial charge is 0.349 e. The average molecular weight is 456 g/mol. The minimum atomic E-state index is -0.722. The number of anilines is 2. The van der Waals surface area contributed by atoms with Crippen LogP contribution in [0.1, 0.15) is 10.4 Å². The summed E-state index contributed by atoms with van der Waals surface area (Å²) in [7, 11) is 0. The van der Waals surface area contributed by atoms with Crippen LogP contribution in [-0.4, -0.2) is 31.6 Å². The fraction of sp³-hybridized carbons (Fsp3) is 0.115. The molecule has 0 saturated heterocycles. The molecule has 1 aliphatic rings. The van der Waals surface area contributed by atoms with Crippen molar-refractivity contribution >= 4 is 34.2 Å². The Morgan fingerprint density at radius 3 is 2.62 bits per heavy atom. The van der Waals surface area contributed by atoms with E-state index >= 15 is 0 Å². The Morgan fingerprint density at radius 1 is 0.971 bits per heavy atom. The molecule has 2 heterocycles. The third-order valence-corrected chi connectivity index (χ3v) is 5.37. The highest BCUT2D eigenvalue weighted by Gasteiger charge is 2.26. The molecule has 0 saturated carbocycles. The van der Waals surface area contributed by atoms with E-state index in [0.717, 1.165) is 5.75 Å². The zero-order chi connectivity index (χ0) is 23.5. The van der Waals surface area contributed by atoms with Gasteiger partial charge in [-0.25, -0.2) is 4.79 Å². The molecule has 8 heteroatoms. The largest absolute Gasteiger partial charge is 0.492 e. The SMILES string of the molecule is O=C(Nc1ccc2c(c1)OCC(=O)N2CCOc1ccccc1)c1cc2ccccc2oc1=O. The monoisotopic (exact) mass is 456 g/mol. The molecule has 0 radical (unpaired) electrons. The molecular formula is C26H20N2O6. The molecule has 0 atom stereocenters. The van der Waals surface area contributed by atoms with E-state index in [1.807, 2.05) is 30.3 Å². The van der Waals surface area contributed by atoms with Crippen LogP contribution in [0.2, 0.25) is 0 Å². The Morgan fingerprint density at radius 2 is 1.76 bits per heavy atom. The lowest BCUT2D eigenvalue weighted by Crippen LogP contribution is -2.41. The van der Waals surface area contributed by atoms with Crippen molar-refractivity contribution in [2.24, 2.45) is 0 Å². The normalized spacial score (nSPS) is 12.7. The van der Waals surface area contributed by atoms with Crippen LogP contribution in [0.25, 0.3) is 11.0 Å². The van der Waals surface area contributed by atoms with Gasteiger partial charge in [-0.05, 0) is 36.4 Å². The lowest BCUT2D eigenvalue weighted by Gasteiger charge is -2.29. The quantitative estimate of drug-likeness (QED) is 0.443. The predicted octanol–water partition coefficient (Wildman–Crippen LogP) is 3.85. The molecule has 0 spiro atoms. The molecule has 1 aromatic heterocycles. The van der Waals surface area contributed by atoms with Crippen molar-refractivity contribution in [3.63, 3.8) is 0 Å². The topological polar surface area (TPSA) is 98.1 Å². The zero-order valence-corrected chi connectivity index (χ0v) is 18.0. The number of nitrogens with zero attached hydrogens (tertiary/aromatic N) is 1. The van der Waals surface area contributed by atoms with Gasteiger partial charge in [0.25, 0.3) is 11.8 Å². The van der Waals surface area contributed by atoms with Gasteiger partial charge in [0.05, 0.1) is 12.2 Å². The number of ether oxygens (including phenoxy) is 2. The van der Waals surface area contributed by atoms with E-state index in [4.69, 9.17) is 13.9 Å². The lowest BCUT2D eigenvalue weighted by atomic mass is 10.1. The Hall–Kier alpha value is -4.59. The summed E-state index contributed by atoms with van der Waals surface area (Å²) in [4.78, 5) is 39.0. The molecule has 8 nitrogen and oxygen atoms in total. The number of amides is 2. The van der Waals surface area contributed by atoms with Crippen LogP contribution in [-0.2, 0) is 4.79 Å². The summed E-state index contributed by atoms with van der Waals surface area (Å²) < 4.78 is 16.5. The van der Waals surface area contributed by atoms with Gasteiger partial charge in [0.1, 0.15) is 29.3 Å². The average Bonchev–Trinajstić information content (AvgIpc) is 2.85. The van der Waals surface area contributed by atoms with Crippen molar-refractivity contribution in [2.45, 2.75) is 0 Å². The van der Waals surface area contributed by atoms with Crippen molar-refractivity contribution in [2.75, 3.05) is 30.0 Å². The van der Waals surface area contributed by atoms with Crippen LogP contribution in [0.3, 0.4) is 0 Å². The molecule has 3 aromatic carbocycles. The number of rotatable bonds is 6. The van der Waals surface area contributed by atoms with E-state index in [9.17, 15) is 14.4 Å². The Labute approximate surface area is 194 Å². The van der Waals surface area contributed by atoms with Crippen molar-refractivity contribution in [3.05, 3.63) is 94.8 Å². The molecule has 5 rings (SSSR count). The van der Waals surface area contributed by atoms with Crippen molar-refractivity contribution in [3.8, 4) is 11.5 Å². The molecule has 0 fully saturated rings. The van der Waals surface area contributed by atoms with Gasteiger partial charge in [-0.3, -0.25) is 9.59 Å². The molecule has 2 amide bonds. The summed E-state index contributed by atoms with van der Waals surface area (Å²) in [6, 6.07) is 22.8. The lowest BCUT2D eigenvalue weighted by molar-refractivity contribution is -0.121. The first kappa shape index (κ1) is 21.3. The summed E-state index contributed by atoms with van der Waals surface area (Å²) in [5.41, 5.74) is 0.585. The maximum atomic E-state index is 12.7. The molecule has 1 N–H and O–H groups in total. The van der Waals surface area contributed by atoms with Gasteiger partial charge in [-0.15, -0.1) is 0 Å². The molecule has 4 aromatic rings. The Balaban J connectivity index is 1.31. The Kier molecular flexibility index (Phi) is 5.70. The fourth-order valence-electron chi connectivity index (χ4n) is 3.72. The van der Waals surface area contributed by atoms with Crippen LogP contribution < -0.4 is 25.3 Å². The summed E-state index contributed by atoms with van der Waals surface area (Å²) in [5, 5.41) is 3.34. The zero-order valence-electron chi connectivity index (χ0n) is 18.0. The highest BCUT2D eigenvalue weighted by Crippen LogP contribution is 2.34. The number of carbonyl (C=O) groups excluding carboxylic acids is 2. The van der Waals surface area contributed by atoms with Gasteiger partial charge in [-0.2, -0.15) is 0 Å². The van der Waals surface area contributed by atoms with Gasteiger partial charge in [-0.1, -0.05) is 36.4 Å². The maximum Gasteiger partial charge on any atom is 0.349 e. The van der Waals surface area contributed by atoms with E-state index in [1.165, 1.54) is 6.07 Å². The standard InChI is InChI=1S/C26H20N2O6/c29-24-16-33-23-15-18(10-11-21(23)28(24)12-13-32-19-7-2-1-3-8-19)27-25(30)20-14-17-6-4-5-9-22(17)34-26(20)31/h1-11,14-15H,12-13,16H2,(H,27,30). The molecule has 0 aliphatic carbocycles. The fourth-order valence-corrected chi connectivity index (χ4v) is 3.72. The number of hydrogen-bond acceptors (Lipinski definition) is 6. The van der Waals surface area contributed by atoms with Crippen LogP contribution in [0, 0.1) is 0 Å². The molecule has 0 unspecified atom stereocenters. The first-order chi connectivity index (χ1) is 16.6. The number of para-hydroxylation sites is 2. The van der Waals surface area contributed by atoms with E-state index in [0.29, 0.717) is 41.2 Å². The highest BCUT2D eigenvalue weighted by atomic mass is 16.5. The highest BCUT2D eigenvalue weighted by molar-refractivity contribution is 6.06. The molecule has 170 valence electrons. The molecular weight excluding hydrogens is 436 g/mol. The molecule has 34 heavy (non-hydrogen) atoms. The summed E-state index contributed by atoms with van der Waals surface area (Å²) in [5.74, 6) is 0.386. The van der Waals surface area contributed by atoms with E-state index in [1.54, 1.807) is 47.4 Å². The van der Waals surface area contributed by atoms with Gasteiger partial charge < -0.3 is 24.1 Å². The number of hydrogen-bond donors (Lipinski definition) is 1. The van der Waals surface area contributed by atoms with Gasteiger partial charge >= 0.3 is 5.63 Å². The van der Waals surface area contributed by atoms with Gasteiger partial charge in [0.15, 0.2) is 6.61 Å². The van der Waals surface area contributed by atoms with E-state index in [-0.39, 0.29) is 18.1 Å². The molecule has 0 bridgehead atoms. The third-order valence-electron chi connectivity index (χ3n) is 5.37. The van der Waals surface area contributed by atoms with Crippen LogP contribution in [0.15, 0.2) is 88.1 Å². The Bertz CT molecular complexity index is 1430. The number of fused-ring (bicyclic) bond motifs is 2. The summed E-state index contributed by atoms with van der Waals surface area (Å²) >= 11 is 0. The number of carbonyl (C=O) groups is 2. The first-order valence-electron chi connectivity index (χ1n) is 10.7. The van der Waals surface area contributed by atoms with E-state index in [2.05, 4.69) is 5.32 Å². The summed E-state index contributed by atoms with van der Waals surface area (Å²) in [6.07, 6.45) is 0. The predicted molar refractivity (Wildman–Crippen MR) is 127 cm³/mol. The minimum Gasteiger partial charge on any atom is -0.492 e. The summed E-state index contributed by atoms with van der Waals surface area (Å²) in [6.45, 7) is 0.531. The van der Waals surface area contributed by atoms with Gasteiger partial charge in [0, 0.05) is 17.1 Å². The number of nitrogens with one attached hydrogen (secondary N) is 1. The van der Waals surface area contributed by atoms with E-state index < -0.39 is 11.5 Å². The second kappa shape index (κ2) is 9.11. The van der Waals surface area contributed by atoms with Gasteiger partial charge in [0.2, 0.25) is 0 Å². The maximum absolute atomic E-state index is 12.7. The van der Waals surface area contributed by atoms with Crippen molar-refractivity contribution < 1.29 is 23.5 Å². The minimum absolute atomic E-state index is 0.104. The van der Waals surface area contributed by atoms with Crippen LogP contribution >= 0.6 is 0 Å². The number of benzene rings is 3. The van der Waals surface area contributed by atoms with Crippen molar-refractivity contribution in [1.82, 2.24) is 0 Å². The van der Waals surface area contributed by atoms with Crippen LogP contribution in [0.5, 0.6) is 11.5 Å². The van der Waals surface area contributed by atoms with Crippen LogP contribution in [0.4, 0.5) is 11.4 Å². The second-order valence-corrected chi connectivity index (χ2v) is 7.62. The second-order valence-electron chi connectivity index (χ2n) is 7.62. The van der Waals surface area contributed by atoms with Crippen molar-refractivity contribution in [1.29, 1.82) is 0 Å².